The van der Waals surface area contributed by atoms with Gasteiger partial charge in [-0.2, -0.15) is 0 Å². The van der Waals surface area contributed by atoms with Crippen LogP contribution in [-0.4, -0.2) is 58.3 Å². The van der Waals surface area contributed by atoms with E-state index in [0.29, 0.717) is 0 Å². The Morgan fingerprint density at radius 3 is 2.12 bits per heavy atom. The molecule has 0 bridgehead atoms. The molecule has 7 nitrogen and oxygen atoms in total. The summed E-state index contributed by atoms with van der Waals surface area (Å²) in [5.74, 6) is -1.36. The monoisotopic (exact) mass is 285 g/mol. The third-order valence-electron chi connectivity index (χ3n) is 2.25. The van der Waals surface area contributed by atoms with Crippen LogP contribution in [0, 0.1) is 11.3 Å². The molecule has 0 aliphatic heterocycles. The Hall–Kier alpha value is -0.670. The molecule has 0 aromatic rings. The van der Waals surface area contributed by atoms with Crippen molar-refractivity contribution in [3.8, 4) is 0 Å². The molecule has 0 radical (unpaired) electrons. The summed E-state index contributed by atoms with van der Waals surface area (Å²) in [6.45, 7) is 1.70. The number of rotatable bonds is 7. The van der Waals surface area contributed by atoms with Gasteiger partial charge in [0.1, 0.15) is 9.84 Å². The topological polar surface area (TPSA) is 121 Å². The van der Waals surface area contributed by atoms with Crippen LogP contribution in [0.1, 0.15) is 6.92 Å². The zero-order chi connectivity index (χ0) is 13.9. The molecule has 0 heterocycles. The Kier molecular flexibility index (Phi) is 5.56. The van der Waals surface area contributed by atoms with Gasteiger partial charge in [-0.3, -0.25) is 5.41 Å². The molecule has 1 unspecified atom stereocenters. The lowest BCUT2D eigenvalue weighted by Gasteiger charge is -2.20. The third-order valence-corrected chi connectivity index (χ3v) is 5.27. The van der Waals surface area contributed by atoms with Crippen molar-refractivity contribution in [2.45, 2.75) is 6.92 Å². The highest BCUT2D eigenvalue weighted by Gasteiger charge is 2.22. The first kappa shape index (κ1) is 16.3. The van der Waals surface area contributed by atoms with E-state index in [2.05, 4.69) is 0 Å². The van der Waals surface area contributed by atoms with Crippen LogP contribution in [-0.2, 0) is 19.9 Å². The normalized spacial score (nSPS) is 14.8. The standard InChI is InChI=1S/C8H19N3O4S2/c1-7(8(9)10)6-11(2)17(14,15)5-4-16(3,12)13/h7H,4-6H2,1-3H3,(H3,9,10). The van der Waals surface area contributed by atoms with Gasteiger partial charge >= 0.3 is 0 Å². The highest BCUT2D eigenvalue weighted by Crippen LogP contribution is 2.04. The van der Waals surface area contributed by atoms with Gasteiger partial charge in [0, 0.05) is 25.8 Å². The van der Waals surface area contributed by atoms with Crippen LogP contribution < -0.4 is 5.73 Å². The Bertz CT molecular complexity index is 469. The van der Waals surface area contributed by atoms with Crippen molar-refractivity contribution in [3.05, 3.63) is 0 Å². The van der Waals surface area contributed by atoms with Crippen molar-refractivity contribution in [2.75, 3.05) is 31.4 Å². The maximum Gasteiger partial charge on any atom is 0.214 e. The van der Waals surface area contributed by atoms with Crippen LogP contribution in [0.15, 0.2) is 0 Å². The number of nitrogens with one attached hydrogen (secondary N) is 1. The fraction of sp³-hybridized carbons (Fsp3) is 0.875. The summed E-state index contributed by atoms with van der Waals surface area (Å²) >= 11 is 0. The first-order chi connectivity index (χ1) is 7.46. The zero-order valence-electron chi connectivity index (χ0n) is 10.2. The lowest BCUT2D eigenvalue weighted by molar-refractivity contribution is 0.444. The summed E-state index contributed by atoms with van der Waals surface area (Å²) in [7, 11) is -5.58. The van der Waals surface area contributed by atoms with E-state index in [1.54, 1.807) is 6.92 Å². The van der Waals surface area contributed by atoms with Crippen molar-refractivity contribution in [1.29, 1.82) is 5.41 Å². The molecule has 0 fully saturated rings. The number of hydrogen-bond donors (Lipinski definition) is 2. The van der Waals surface area contributed by atoms with Crippen LogP contribution in [0.2, 0.25) is 0 Å². The number of sulfone groups is 1. The van der Waals surface area contributed by atoms with Crippen molar-refractivity contribution in [1.82, 2.24) is 4.31 Å². The van der Waals surface area contributed by atoms with E-state index in [9.17, 15) is 16.8 Å². The van der Waals surface area contributed by atoms with E-state index in [0.717, 1.165) is 10.6 Å². The SMILES string of the molecule is CC(CN(C)S(=O)(=O)CCS(C)(=O)=O)C(=N)N. The minimum atomic E-state index is -3.62. The van der Waals surface area contributed by atoms with E-state index in [1.165, 1.54) is 7.05 Å². The minimum absolute atomic E-state index is 0.0709. The van der Waals surface area contributed by atoms with Gasteiger partial charge in [-0.05, 0) is 0 Å². The number of hydrogen-bond acceptors (Lipinski definition) is 5. The maximum absolute atomic E-state index is 11.7. The highest BCUT2D eigenvalue weighted by molar-refractivity contribution is 7.93. The average molecular weight is 285 g/mol. The van der Waals surface area contributed by atoms with Gasteiger partial charge in [-0.1, -0.05) is 6.92 Å². The molecule has 0 aromatic carbocycles. The Morgan fingerprint density at radius 1 is 1.29 bits per heavy atom. The molecule has 0 aromatic heterocycles. The Balaban J connectivity index is 4.56. The number of nitrogens with zero attached hydrogens (tertiary/aromatic N) is 1. The van der Waals surface area contributed by atoms with E-state index in [-0.39, 0.29) is 12.4 Å². The van der Waals surface area contributed by atoms with Crippen molar-refractivity contribution >= 4 is 25.7 Å². The van der Waals surface area contributed by atoms with Gasteiger partial charge < -0.3 is 5.73 Å². The van der Waals surface area contributed by atoms with Gasteiger partial charge in [-0.25, -0.2) is 21.1 Å². The van der Waals surface area contributed by atoms with Gasteiger partial charge in [0.25, 0.3) is 0 Å². The molecule has 102 valence electrons. The quantitative estimate of drug-likeness (QED) is 0.452. The summed E-state index contributed by atoms with van der Waals surface area (Å²) in [4.78, 5) is 0. The van der Waals surface area contributed by atoms with Crippen molar-refractivity contribution in [2.24, 2.45) is 11.7 Å². The molecule has 17 heavy (non-hydrogen) atoms. The lowest BCUT2D eigenvalue weighted by atomic mass is 10.2. The predicted molar refractivity (Wildman–Crippen MR) is 67.2 cm³/mol. The number of sulfonamides is 1. The molecule has 0 aliphatic rings. The van der Waals surface area contributed by atoms with Gasteiger partial charge in [-0.15, -0.1) is 0 Å². The summed E-state index contributed by atoms with van der Waals surface area (Å²) in [6, 6.07) is 0. The van der Waals surface area contributed by atoms with Crippen LogP contribution in [0.25, 0.3) is 0 Å². The van der Waals surface area contributed by atoms with Crippen LogP contribution in [0.4, 0.5) is 0 Å². The summed E-state index contributed by atoms with van der Waals surface area (Å²) in [5.41, 5.74) is 5.24. The van der Waals surface area contributed by atoms with Gasteiger partial charge in [0.15, 0.2) is 0 Å². The summed E-state index contributed by atoms with van der Waals surface area (Å²) < 4.78 is 46.2. The zero-order valence-corrected chi connectivity index (χ0v) is 11.8. The Labute approximate surface area is 102 Å². The second-order valence-electron chi connectivity index (χ2n) is 4.08. The van der Waals surface area contributed by atoms with Gasteiger partial charge in [0.05, 0.1) is 17.3 Å². The molecule has 0 saturated heterocycles. The molecule has 0 amide bonds. The molecule has 0 rings (SSSR count). The van der Waals surface area contributed by atoms with E-state index in [1.807, 2.05) is 0 Å². The average Bonchev–Trinajstić information content (AvgIpc) is 2.13. The van der Waals surface area contributed by atoms with Crippen molar-refractivity contribution < 1.29 is 16.8 Å². The summed E-state index contributed by atoms with van der Waals surface area (Å²) in [5, 5.41) is 7.16. The maximum atomic E-state index is 11.7. The van der Waals surface area contributed by atoms with E-state index < -0.39 is 37.3 Å². The molecular weight excluding hydrogens is 266 g/mol. The van der Waals surface area contributed by atoms with E-state index >= 15 is 0 Å². The van der Waals surface area contributed by atoms with Crippen LogP contribution >= 0.6 is 0 Å². The first-order valence-corrected chi connectivity index (χ1v) is 8.58. The smallest absolute Gasteiger partial charge is 0.214 e. The molecule has 9 heteroatoms. The minimum Gasteiger partial charge on any atom is -0.387 e. The fourth-order valence-corrected chi connectivity index (χ4v) is 3.83. The second kappa shape index (κ2) is 5.78. The number of nitrogens with two attached hydrogens (primary N) is 1. The Morgan fingerprint density at radius 2 is 1.76 bits per heavy atom. The molecule has 0 spiro atoms. The third kappa shape index (κ3) is 6.59. The van der Waals surface area contributed by atoms with E-state index in [4.69, 9.17) is 11.1 Å². The molecule has 0 aliphatic carbocycles. The number of amidine groups is 1. The second-order valence-corrected chi connectivity index (χ2v) is 8.54. The van der Waals surface area contributed by atoms with Crippen molar-refractivity contribution in [3.63, 3.8) is 0 Å². The lowest BCUT2D eigenvalue weighted by Crippen LogP contribution is -2.38. The highest BCUT2D eigenvalue weighted by atomic mass is 32.2. The van der Waals surface area contributed by atoms with Crippen LogP contribution in [0.3, 0.4) is 0 Å². The molecule has 3 N–H and O–H groups in total. The van der Waals surface area contributed by atoms with Crippen LogP contribution in [0.5, 0.6) is 0 Å². The first-order valence-electron chi connectivity index (χ1n) is 4.91. The van der Waals surface area contributed by atoms with Gasteiger partial charge in [0.2, 0.25) is 10.0 Å². The predicted octanol–water partition coefficient (Wildman–Crippen LogP) is -1.14. The molecule has 0 saturated carbocycles. The molecule has 1 atom stereocenters. The largest absolute Gasteiger partial charge is 0.387 e. The summed E-state index contributed by atoms with van der Waals surface area (Å²) in [6.07, 6.45) is 0.987. The molecular formula is C8H19N3O4S2. The fourth-order valence-electron chi connectivity index (χ4n) is 1.01.